The summed E-state index contributed by atoms with van der Waals surface area (Å²) in [6.07, 6.45) is -0.964. The van der Waals surface area contributed by atoms with Crippen LogP contribution in [0.5, 0.6) is 0 Å². The molecule has 8 heteroatoms. The quantitative estimate of drug-likeness (QED) is 0.832. The first kappa shape index (κ1) is 12.6. The summed E-state index contributed by atoms with van der Waals surface area (Å²) in [7, 11) is 0. The summed E-state index contributed by atoms with van der Waals surface area (Å²) in [4.78, 5) is 4.19. The Hall–Kier alpha value is -1.83. The molecule has 18 heavy (non-hydrogen) atoms. The Morgan fingerprint density at radius 2 is 2.17 bits per heavy atom. The Kier molecular flexibility index (Phi) is 3.66. The maximum atomic E-state index is 11.8. The number of alkyl halides is 3. The van der Waals surface area contributed by atoms with Crippen molar-refractivity contribution in [2.75, 3.05) is 25.1 Å². The minimum atomic E-state index is -4.28. The number of ether oxygens (including phenoxy) is 1. The number of halogens is 3. The van der Waals surface area contributed by atoms with Crippen molar-refractivity contribution < 1.29 is 17.9 Å². The summed E-state index contributed by atoms with van der Waals surface area (Å²) in [5.74, 6) is 0.568. The number of nitrogens with one attached hydrogen (secondary N) is 1. The first-order chi connectivity index (χ1) is 8.54. The van der Waals surface area contributed by atoms with Gasteiger partial charge in [0.1, 0.15) is 12.4 Å². The highest BCUT2D eigenvalue weighted by Gasteiger charge is 2.27. The molecule has 0 aliphatic carbocycles. The molecule has 2 rings (SSSR count). The number of nitrogens with zero attached hydrogens (tertiary/aromatic N) is 3. The van der Waals surface area contributed by atoms with Gasteiger partial charge in [-0.05, 0) is 6.07 Å². The van der Waals surface area contributed by atoms with Crippen molar-refractivity contribution in [1.82, 2.24) is 14.6 Å². The molecule has 2 heterocycles. The summed E-state index contributed by atoms with van der Waals surface area (Å²) < 4.78 is 41.4. The Morgan fingerprint density at radius 1 is 1.33 bits per heavy atom. The number of anilines is 1. The molecule has 0 amide bonds. The highest BCUT2D eigenvalue weighted by Crippen LogP contribution is 2.14. The van der Waals surface area contributed by atoms with E-state index in [1.54, 1.807) is 29.0 Å². The van der Waals surface area contributed by atoms with Gasteiger partial charge in [-0.25, -0.2) is 9.50 Å². The van der Waals surface area contributed by atoms with Crippen molar-refractivity contribution in [2.24, 2.45) is 0 Å². The lowest BCUT2D eigenvalue weighted by Gasteiger charge is -2.08. The second-order valence-electron chi connectivity index (χ2n) is 3.54. The van der Waals surface area contributed by atoms with Gasteiger partial charge in [-0.1, -0.05) is 0 Å². The zero-order valence-electron chi connectivity index (χ0n) is 9.31. The van der Waals surface area contributed by atoms with Crippen LogP contribution in [0.4, 0.5) is 19.0 Å². The number of rotatable bonds is 5. The van der Waals surface area contributed by atoms with Gasteiger partial charge in [0.15, 0.2) is 5.65 Å². The molecule has 0 saturated heterocycles. The third-order valence-corrected chi connectivity index (χ3v) is 2.08. The fourth-order valence-electron chi connectivity index (χ4n) is 1.35. The molecule has 5 nitrogen and oxygen atoms in total. The van der Waals surface area contributed by atoms with E-state index in [9.17, 15) is 13.2 Å². The summed E-state index contributed by atoms with van der Waals surface area (Å²) >= 11 is 0. The molecular formula is C10H11F3N4O. The molecule has 0 aliphatic heterocycles. The van der Waals surface area contributed by atoms with Gasteiger partial charge in [-0.15, -0.1) is 0 Å². The molecule has 2 aromatic heterocycles. The fraction of sp³-hybridized carbons (Fsp3) is 0.400. The van der Waals surface area contributed by atoms with Crippen LogP contribution in [-0.2, 0) is 4.74 Å². The Balaban J connectivity index is 1.76. The lowest BCUT2D eigenvalue weighted by molar-refractivity contribution is -0.172. The average molecular weight is 260 g/mol. The van der Waals surface area contributed by atoms with Crippen molar-refractivity contribution in [3.05, 3.63) is 24.5 Å². The smallest absolute Gasteiger partial charge is 0.370 e. The van der Waals surface area contributed by atoms with E-state index < -0.39 is 12.8 Å². The molecule has 0 unspecified atom stereocenters. The highest BCUT2D eigenvalue weighted by molar-refractivity contribution is 5.45. The van der Waals surface area contributed by atoms with Crippen molar-refractivity contribution >= 4 is 11.5 Å². The Morgan fingerprint density at radius 3 is 2.94 bits per heavy atom. The van der Waals surface area contributed by atoms with Gasteiger partial charge < -0.3 is 10.1 Å². The first-order valence-electron chi connectivity index (χ1n) is 5.23. The van der Waals surface area contributed by atoms with Gasteiger partial charge in [0.2, 0.25) is 0 Å². The molecule has 0 radical (unpaired) electrons. The minimum absolute atomic E-state index is 0.0361. The summed E-state index contributed by atoms with van der Waals surface area (Å²) in [5.41, 5.74) is 0.663. The topological polar surface area (TPSA) is 51.5 Å². The zero-order valence-corrected chi connectivity index (χ0v) is 9.31. The maximum absolute atomic E-state index is 11.8. The summed E-state index contributed by atoms with van der Waals surface area (Å²) in [6.45, 7) is -1.01. The van der Waals surface area contributed by atoms with Gasteiger partial charge >= 0.3 is 6.18 Å². The van der Waals surface area contributed by atoms with Crippen molar-refractivity contribution in [3.8, 4) is 0 Å². The van der Waals surface area contributed by atoms with E-state index in [2.05, 4.69) is 20.1 Å². The number of hydrogen-bond acceptors (Lipinski definition) is 4. The van der Waals surface area contributed by atoms with E-state index in [-0.39, 0.29) is 13.2 Å². The maximum Gasteiger partial charge on any atom is 0.411 e. The van der Waals surface area contributed by atoms with Crippen LogP contribution in [0.1, 0.15) is 0 Å². The molecule has 0 atom stereocenters. The molecule has 0 aliphatic rings. The monoisotopic (exact) mass is 260 g/mol. The largest absolute Gasteiger partial charge is 0.411 e. The second kappa shape index (κ2) is 5.21. The van der Waals surface area contributed by atoms with Gasteiger partial charge in [0.05, 0.1) is 12.8 Å². The van der Waals surface area contributed by atoms with Crippen molar-refractivity contribution in [1.29, 1.82) is 0 Å². The third-order valence-electron chi connectivity index (χ3n) is 2.08. The lowest BCUT2D eigenvalue weighted by atomic mass is 10.5. The van der Waals surface area contributed by atoms with Crippen molar-refractivity contribution in [3.63, 3.8) is 0 Å². The molecule has 2 aromatic rings. The van der Waals surface area contributed by atoms with Crippen LogP contribution >= 0.6 is 0 Å². The molecule has 0 fully saturated rings. The van der Waals surface area contributed by atoms with Gasteiger partial charge in [0, 0.05) is 18.8 Å². The van der Waals surface area contributed by atoms with E-state index in [4.69, 9.17) is 0 Å². The van der Waals surface area contributed by atoms with Gasteiger partial charge in [-0.3, -0.25) is 0 Å². The van der Waals surface area contributed by atoms with Gasteiger partial charge in [0.25, 0.3) is 0 Å². The standard InChI is InChI=1S/C10H11F3N4O/c11-10(12,13)7-18-6-4-14-8-2-5-17-9(16-8)1-3-15-17/h1-3,5H,4,6-7H2,(H,14,16). The molecule has 0 spiro atoms. The lowest BCUT2D eigenvalue weighted by Crippen LogP contribution is -2.20. The molecule has 1 N–H and O–H groups in total. The molecule has 98 valence electrons. The van der Waals surface area contributed by atoms with Crippen molar-refractivity contribution in [2.45, 2.75) is 6.18 Å². The fourth-order valence-corrected chi connectivity index (χ4v) is 1.35. The van der Waals surface area contributed by atoms with Crippen LogP contribution in [0.25, 0.3) is 5.65 Å². The highest BCUT2D eigenvalue weighted by atomic mass is 19.4. The Labute approximate surface area is 101 Å². The van der Waals surface area contributed by atoms with Crippen LogP contribution in [0.3, 0.4) is 0 Å². The first-order valence-corrected chi connectivity index (χ1v) is 5.23. The van der Waals surface area contributed by atoms with Gasteiger partial charge in [-0.2, -0.15) is 18.3 Å². The van der Waals surface area contributed by atoms with Crippen LogP contribution in [0, 0.1) is 0 Å². The molecular weight excluding hydrogens is 249 g/mol. The zero-order chi connectivity index (χ0) is 13.0. The van der Waals surface area contributed by atoms with E-state index >= 15 is 0 Å². The normalized spacial score (nSPS) is 11.9. The SMILES string of the molecule is FC(F)(F)COCCNc1ccn2nccc2n1. The predicted molar refractivity (Wildman–Crippen MR) is 58.4 cm³/mol. The third kappa shape index (κ3) is 3.59. The molecule has 0 saturated carbocycles. The van der Waals surface area contributed by atoms with Crippen LogP contribution in [0.2, 0.25) is 0 Å². The van der Waals surface area contributed by atoms with E-state index in [0.29, 0.717) is 11.5 Å². The van der Waals surface area contributed by atoms with E-state index in [1.165, 1.54) is 0 Å². The number of hydrogen-bond donors (Lipinski definition) is 1. The summed E-state index contributed by atoms with van der Waals surface area (Å²) in [6, 6.07) is 3.41. The molecule has 0 aromatic carbocycles. The predicted octanol–water partition coefficient (Wildman–Crippen LogP) is 1.72. The molecule has 0 bridgehead atoms. The number of aromatic nitrogens is 3. The van der Waals surface area contributed by atoms with E-state index in [1.807, 2.05) is 0 Å². The van der Waals surface area contributed by atoms with Crippen LogP contribution < -0.4 is 5.32 Å². The average Bonchev–Trinajstić information content (AvgIpc) is 2.74. The summed E-state index contributed by atoms with van der Waals surface area (Å²) in [5, 5.41) is 6.84. The van der Waals surface area contributed by atoms with Crippen LogP contribution in [0.15, 0.2) is 24.5 Å². The minimum Gasteiger partial charge on any atom is -0.370 e. The number of fused-ring (bicyclic) bond motifs is 1. The Bertz CT molecular complexity index is 511. The second-order valence-corrected chi connectivity index (χ2v) is 3.54. The van der Waals surface area contributed by atoms with E-state index in [0.717, 1.165) is 0 Å². The van der Waals surface area contributed by atoms with Crippen LogP contribution in [-0.4, -0.2) is 40.5 Å².